The summed E-state index contributed by atoms with van der Waals surface area (Å²) >= 11 is 0. The molecule has 0 aromatic carbocycles. The first kappa shape index (κ1) is 13.8. The number of aryl methyl sites for hydroxylation is 1. The van der Waals surface area contributed by atoms with Crippen molar-refractivity contribution in [3.05, 3.63) is 16.8 Å². The number of anilines is 1. The lowest BCUT2D eigenvalue weighted by molar-refractivity contribution is 0.726. The molecule has 1 aromatic heterocycles. The zero-order chi connectivity index (χ0) is 13.7. The summed E-state index contributed by atoms with van der Waals surface area (Å²) in [7, 11) is 0. The number of hydrogen-bond donors (Lipinski definition) is 0. The third-order valence-electron chi connectivity index (χ3n) is 3.85. The molecule has 1 aromatic rings. The van der Waals surface area contributed by atoms with Crippen LogP contribution in [0.25, 0.3) is 0 Å². The molecular formula is C15H22N4. The van der Waals surface area contributed by atoms with Crippen LogP contribution in [0.1, 0.15) is 56.4 Å². The molecule has 0 amide bonds. The quantitative estimate of drug-likeness (QED) is 0.836. The van der Waals surface area contributed by atoms with Crippen molar-refractivity contribution in [3.8, 4) is 6.07 Å². The zero-order valence-corrected chi connectivity index (χ0v) is 11.9. The maximum Gasteiger partial charge on any atom is 0.169 e. The van der Waals surface area contributed by atoms with Crippen LogP contribution in [-0.2, 0) is 12.8 Å². The number of aromatic nitrogens is 2. The van der Waals surface area contributed by atoms with Gasteiger partial charge in [-0.3, -0.25) is 0 Å². The lowest BCUT2D eigenvalue weighted by atomic mass is 10.0. The van der Waals surface area contributed by atoms with E-state index in [0.29, 0.717) is 0 Å². The van der Waals surface area contributed by atoms with Gasteiger partial charge in [-0.1, -0.05) is 26.7 Å². The van der Waals surface area contributed by atoms with Gasteiger partial charge in [-0.25, -0.2) is 0 Å². The standard InChI is InChI=1S/C15H22N4/c1-3-12-13(11-16)15(18-17-14(12)4-2)19-9-7-5-6-8-10-19/h3-10H2,1-2H3. The van der Waals surface area contributed by atoms with Gasteiger partial charge in [0, 0.05) is 13.1 Å². The molecule has 0 aliphatic carbocycles. The summed E-state index contributed by atoms with van der Waals surface area (Å²) in [6, 6.07) is 2.36. The van der Waals surface area contributed by atoms with Crippen LogP contribution in [0.2, 0.25) is 0 Å². The Morgan fingerprint density at radius 1 is 1.05 bits per heavy atom. The van der Waals surface area contributed by atoms with Crippen molar-refractivity contribution in [2.75, 3.05) is 18.0 Å². The Morgan fingerprint density at radius 3 is 2.26 bits per heavy atom. The number of hydrogen-bond acceptors (Lipinski definition) is 4. The minimum Gasteiger partial charge on any atom is -0.354 e. The number of nitriles is 1. The van der Waals surface area contributed by atoms with Crippen LogP contribution in [0.4, 0.5) is 5.82 Å². The smallest absolute Gasteiger partial charge is 0.169 e. The molecule has 19 heavy (non-hydrogen) atoms. The molecule has 2 heterocycles. The predicted molar refractivity (Wildman–Crippen MR) is 76.2 cm³/mol. The summed E-state index contributed by atoms with van der Waals surface area (Å²) in [5.74, 6) is 0.804. The first-order valence-corrected chi connectivity index (χ1v) is 7.35. The minimum atomic E-state index is 0.747. The van der Waals surface area contributed by atoms with Crippen molar-refractivity contribution in [1.29, 1.82) is 5.26 Å². The zero-order valence-electron chi connectivity index (χ0n) is 11.9. The van der Waals surface area contributed by atoms with Gasteiger partial charge in [-0.15, -0.1) is 5.10 Å². The highest BCUT2D eigenvalue weighted by Crippen LogP contribution is 2.25. The van der Waals surface area contributed by atoms with Gasteiger partial charge >= 0.3 is 0 Å². The van der Waals surface area contributed by atoms with Crippen molar-refractivity contribution in [2.45, 2.75) is 52.4 Å². The third-order valence-corrected chi connectivity index (χ3v) is 3.85. The molecule has 0 radical (unpaired) electrons. The second-order valence-electron chi connectivity index (χ2n) is 5.04. The first-order chi connectivity index (χ1) is 9.31. The van der Waals surface area contributed by atoms with E-state index in [9.17, 15) is 5.26 Å². The van der Waals surface area contributed by atoms with E-state index in [1.165, 1.54) is 25.7 Å². The van der Waals surface area contributed by atoms with Crippen molar-refractivity contribution < 1.29 is 0 Å². The van der Waals surface area contributed by atoms with Crippen molar-refractivity contribution in [1.82, 2.24) is 10.2 Å². The summed E-state index contributed by atoms with van der Waals surface area (Å²) < 4.78 is 0. The maximum atomic E-state index is 9.51. The molecule has 1 aliphatic rings. The molecule has 1 aliphatic heterocycles. The van der Waals surface area contributed by atoms with Gasteiger partial charge < -0.3 is 4.90 Å². The Morgan fingerprint density at radius 2 is 1.74 bits per heavy atom. The Kier molecular flexibility index (Phi) is 4.73. The van der Waals surface area contributed by atoms with E-state index < -0.39 is 0 Å². The third kappa shape index (κ3) is 2.86. The molecule has 0 spiro atoms. The van der Waals surface area contributed by atoms with Gasteiger partial charge in [0.15, 0.2) is 5.82 Å². The molecular weight excluding hydrogens is 236 g/mol. The van der Waals surface area contributed by atoms with E-state index in [0.717, 1.165) is 48.6 Å². The van der Waals surface area contributed by atoms with Gasteiger partial charge in [0.2, 0.25) is 0 Å². The topological polar surface area (TPSA) is 52.8 Å². The SMILES string of the molecule is CCc1nnc(N2CCCCCC2)c(C#N)c1CC. The van der Waals surface area contributed by atoms with E-state index in [4.69, 9.17) is 0 Å². The average Bonchev–Trinajstić information content (AvgIpc) is 2.74. The Balaban J connectivity index is 2.42. The highest BCUT2D eigenvalue weighted by atomic mass is 15.3. The van der Waals surface area contributed by atoms with E-state index in [1.807, 2.05) is 0 Å². The molecule has 102 valence electrons. The monoisotopic (exact) mass is 258 g/mol. The normalized spacial score (nSPS) is 15.9. The van der Waals surface area contributed by atoms with Gasteiger partial charge in [0.25, 0.3) is 0 Å². The molecule has 0 unspecified atom stereocenters. The molecule has 1 saturated heterocycles. The Hall–Kier alpha value is -1.63. The van der Waals surface area contributed by atoms with E-state index in [-0.39, 0.29) is 0 Å². The summed E-state index contributed by atoms with van der Waals surface area (Å²) in [5.41, 5.74) is 2.80. The molecule has 1 fully saturated rings. The molecule has 4 heteroatoms. The van der Waals surface area contributed by atoms with Gasteiger partial charge in [-0.2, -0.15) is 10.4 Å². The fourth-order valence-electron chi connectivity index (χ4n) is 2.78. The summed E-state index contributed by atoms with van der Waals surface area (Å²) in [5, 5.41) is 18.2. The predicted octanol–water partition coefficient (Wildman–Crippen LogP) is 2.85. The average molecular weight is 258 g/mol. The largest absolute Gasteiger partial charge is 0.354 e. The summed E-state index contributed by atoms with van der Waals surface area (Å²) in [6.45, 7) is 6.15. The molecule has 0 saturated carbocycles. The van der Waals surface area contributed by atoms with E-state index in [1.54, 1.807) is 0 Å². The lowest BCUT2D eigenvalue weighted by Gasteiger charge is -2.23. The highest BCUT2D eigenvalue weighted by molar-refractivity contribution is 5.58. The fraction of sp³-hybridized carbons (Fsp3) is 0.667. The number of nitrogens with zero attached hydrogens (tertiary/aromatic N) is 4. The van der Waals surface area contributed by atoms with Crippen molar-refractivity contribution in [3.63, 3.8) is 0 Å². The minimum absolute atomic E-state index is 0.747. The molecule has 4 nitrogen and oxygen atoms in total. The molecule has 0 bridgehead atoms. The van der Waals surface area contributed by atoms with Gasteiger partial charge in [-0.05, 0) is 31.2 Å². The Labute approximate surface area is 115 Å². The molecule has 0 atom stereocenters. The van der Waals surface area contributed by atoms with Crippen LogP contribution in [0.5, 0.6) is 0 Å². The highest BCUT2D eigenvalue weighted by Gasteiger charge is 2.20. The van der Waals surface area contributed by atoms with Crippen LogP contribution in [0.3, 0.4) is 0 Å². The van der Waals surface area contributed by atoms with E-state index in [2.05, 4.69) is 35.0 Å². The van der Waals surface area contributed by atoms with Crippen molar-refractivity contribution in [2.24, 2.45) is 0 Å². The van der Waals surface area contributed by atoms with Crippen LogP contribution in [0.15, 0.2) is 0 Å². The fourth-order valence-corrected chi connectivity index (χ4v) is 2.78. The summed E-state index contributed by atoms with van der Waals surface area (Å²) in [6.07, 6.45) is 6.61. The Bertz CT molecular complexity index is 468. The maximum absolute atomic E-state index is 9.51. The van der Waals surface area contributed by atoms with Crippen LogP contribution in [0, 0.1) is 11.3 Å². The molecule has 0 N–H and O–H groups in total. The van der Waals surface area contributed by atoms with Gasteiger partial charge in [0.1, 0.15) is 11.6 Å². The van der Waals surface area contributed by atoms with E-state index >= 15 is 0 Å². The first-order valence-electron chi connectivity index (χ1n) is 7.35. The van der Waals surface area contributed by atoms with Crippen LogP contribution < -0.4 is 4.90 Å². The van der Waals surface area contributed by atoms with Gasteiger partial charge in [0.05, 0.1) is 5.69 Å². The molecule has 2 rings (SSSR count). The van der Waals surface area contributed by atoms with Crippen LogP contribution >= 0.6 is 0 Å². The van der Waals surface area contributed by atoms with Crippen molar-refractivity contribution >= 4 is 5.82 Å². The second-order valence-corrected chi connectivity index (χ2v) is 5.04. The lowest BCUT2D eigenvalue weighted by Crippen LogP contribution is -2.27. The number of rotatable bonds is 3. The summed E-state index contributed by atoms with van der Waals surface area (Å²) in [4.78, 5) is 2.25. The second kappa shape index (κ2) is 6.51. The van der Waals surface area contributed by atoms with Crippen LogP contribution in [-0.4, -0.2) is 23.3 Å².